The summed E-state index contributed by atoms with van der Waals surface area (Å²) >= 11 is 0. The van der Waals surface area contributed by atoms with Gasteiger partial charge in [0.2, 0.25) is 5.91 Å². The third-order valence-corrected chi connectivity index (χ3v) is 5.69. The lowest BCUT2D eigenvalue weighted by Gasteiger charge is -2.27. The largest absolute Gasteiger partial charge is 0.461 e. The molecule has 0 aliphatic heterocycles. The van der Waals surface area contributed by atoms with Gasteiger partial charge in [-0.25, -0.2) is 9.48 Å². The number of benzene rings is 1. The molecule has 28 heavy (non-hydrogen) atoms. The first-order valence-corrected chi connectivity index (χ1v) is 10.4. The highest BCUT2D eigenvalue weighted by Crippen LogP contribution is 2.57. The zero-order chi connectivity index (χ0) is 20.6. The smallest absolute Gasteiger partial charge is 0.375 e. The van der Waals surface area contributed by atoms with Crippen molar-refractivity contribution in [1.82, 2.24) is 20.3 Å². The molecule has 0 bridgehead atoms. The van der Waals surface area contributed by atoms with E-state index < -0.39 is 25.4 Å². The minimum Gasteiger partial charge on any atom is -0.461 e. The van der Waals surface area contributed by atoms with Gasteiger partial charge in [0, 0.05) is 5.56 Å². The molecule has 11 heteroatoms. The van der Waals surface area contributed by atoms with Gasteiger partial charge < -0.3 is 19.1 Å². The predicted octanol–water partition coefficient (Wildman–Crippen LogP) is 2.61. The minimum atomic E-state index is -3.96. The van der Waals surface area contributed by atoms with Gasteiger partial charge in [-0.05, 0) is 32.9 Å². The lowest BCUT2D eigenvalue weighted by atomic mass is 10.2. The molecule has 10 nitrogen and oxygen atoms in total. The second-order valence-electron chi connectivity index (χ2n) is 5.37. The summed E-state index contributed by atoms with van der Waals surface area (Å²) in [5, 5.41) is 10.1. The number of hydrogen-bond donors (Lipinski definition) is 1. The molecule has 1 aromatic carbocycles. The van der Waals surface area contributed by atoms with Crippen molar-refractivity contribution in [3.63, 3.8) is 0 Å². The number of ether oxygens (including phenoxy) is 1. The zero-order valence-corrected chi connectivity index (χ0v) is 16.8. The summed E-state index contributed by atoms with van der Waals surface area (Å²) in [6, 6.07) is 8.32. The number of carbonyl (C=O) groups is 2. The molecule has 1 unspecified atom stereocenters. The third-order valence-electron chi connectivity index (χ3n) is 3.50. The van der Waals surface area contributed by atoms with E-state index in [2.05, 4.69) is 15.6 Å². The van der Waals surface area contributed by atoms with Crippen LogP contribution in [0.1, 0.15) is 47.5 Å². The van der Waals surface area contributed by atoms with Crippen LogP contribution in [0.25, 0.3) is 0 Å². The topological polar surface area (TPSA) is 122 Å². The molecule has 0 saturated heterocycles. The first-order valence-electron chi connectivity index (χ1n) is 8.78. The van der Waals surface area contributed by atoms with Gasteiger partial charge >= 0.3 is 13.6 Å². The van der Waals surface area contributed by atoms with Crippen molar-refractivity contribution in [2.24, 2.45) is 0 Å². The monoisotopic (exact) mass is 410 g/mol. The number of esters is 1. The first kappa shape index (κ1) is 21.7. The fraction of sp³-hybridized carbons (Fsp3) is 0.412. The Labute approximate surface area is 162 Å². The molecule has 1 atom stereocenters. The van der Waals surface area contributed by atoms with Crippen LogP contribution >= 0.6 is 7.60 Å². The fourth-order valence-corrected chi connectivity index (χ4v) is 4.17. The number of amides is 1. The second kappa shape index (κ2) is 10.1. The SMILES string of the molecule is CCOC(=O)c1cnnn1C(NC(=O)c1ccccc1)P(=O)(OCC)OCC. The van der Waals surface area contributed by atoms with Crippen LogP contribution in [0, 0.1) is 0 Å². The molecule has 1 N–H and O–H groups in total. The van der Waals surface area contributed by atoms with Gasteiger partial charge in [0.25, 0.3) is 5.91 Å². The molecule has 0 radical (unpaired) electrons. The Hall–Kier alpha value is -2.55. The highest BCUT2D eigenvalue weighted by molar-refractivity contribution is 7.53. The lowest BCUT2D eigenvalue weighted by Crippen LogP contribution is -2.35. The van der Waals surface area contributed by atoms with Crippen molar-refractivity contribution in [3.05, 3.63) is 47.8 Å². The van der Waals surface area contributed by atoms with Crippen LogP contribution in [-0.2, 0) is 18.3 Å². The highest BCUT2D eigenvalue weighted by atomic mass is 31.2. The molecular formula is C17H23N4O6P. The molecule has 0 aliphatic rings. The van der Waals surface area contributed by atoms with Crippen molar-refractivity contribution in [3.8, 4) is 0 Å². The van der Waals surface area contributed by atoms with Crippen LogP contribution < -0.4 is 5.32 Å². The number of aromatic nitrogens is 3. The summed E-state index contributed by atoms with van der Waals surface area (Å²) in [4.78, 5) is 24.9. The molecule has 1 aromatic heterocycles. The summed E-state index contributed by atoms with van der Waals surface area (Å²) in [5.41, 5.74) is 0.227. The van der Waals surface area contributed by atoms with E-state index in [0.717, 1.165) is 10.9 Å². The average Bonchev–Trinajstić information content (AvgIpc) is 3.16. The maximum atomic E-state index is 13.4. The van der Waals surface area contributed by atoms with Gasteiger partial charge in [0.15, 0.2) is 5.69 Å². The molecule has 1 heterocycles. The molecule has 152 valence electrons. The van der Waals surface area contributed by atoms with E-state index in [1.165, 1.54) is 0 Å². The zero-order valence-electron chi connectivity index (χ0n) is 15.9. The van der Waals surface area contributed by atoms with Crippen LogP contribution in [0.2, 0.25) is 0 Å². The summed E-state index contributed by atoms with van der Waals surface area (Å²) < 4.78 is 30.1. The summed E-state index contributed by atoms with van der Waals surface area (Å²) in [6.07, 6.45) is 1.15. The number of nitrogens with zero attached hydrogens (tertiary/aromatic N) is 3. The Kier molecular flexibility index (Phi) is 7.86. The number of hydrogen-bond acceptors (Lipinski definition) is 8. The van der Waals surface area contributed by atoms with Gasteiger partial charge in [-0.1, -0.05) is 23.4 Å². The standard InChI is InChI=1S/C17H23N4O6P/c1-4-25-16(23)14-12-18-20-21(14)17(28(24,26-5-2)27-6-3)19-15(22)13-10-8-7-9-11-13/h7-12,17H,4-6H2,1-3H3,(H,19,22). The van der Waals surface area contributed by atoms with Crippen LogP contribution in [0.4, 0.5) is 0 Å². The van der Waals surface area contributed by atoms with Gasteiger partial charge in [0.05, 0.1) is 26.0 Å². The van der Waals surface area contributed by atoms with Crippen molar-refractivity contribution in [2.75, 3.05) is 19.8 Å². The number of nitrogens with one attached hydrogen (secondary N) is 1. The van der Waals surface area contributed by atoms with E-state index in [-0.39, 0.29) is 25.5 Å². The Morgan fingerprint density at radius 2 is 1.75 bits per heavy atom. The highest BCUT2D eigenvalue weighted by Gasteiger charge is 2.41. The van der Waals surface area contributed by atoms with Crippen molar-refractivity contribution < 1.29 is 27.9 Å². The lowest BCUT2D eigenvalue weighted by molar-refractivity contribution is 0.0507. The predicted molar refractivity (Wildman–Crippen MR) is 99.8 cm³/mol. The summed E-state index contributed by atoms with van der Waals surface area (Å²) in [7, 11) is -3.96. The van der Waals surface area contributed by atoms with Crippen LogP contribution in [0.5, 0.6) is 0 Å². The third kappa shape index (κ3) is 5.03. The van der Waals surface area contributed by atoms with E-state index >= 15 is 0 Å². The first-order chi connectivity index (χ1) is 13.5. The van der Waals surface area contributed by atoms with E-state index in [0.29, 0.717) is 5.56 Å². The Morgan fingerprint density at radius 3 is 2.32 bits per heavy atom. The number of carbonyl (C=O) groups excluding carboxylic acids is 2. The summed E-state index contributed by atoms with van der Waals surface area (Å²) in [6.45, 7) is 5.15. The average molecular weight is 410 g/mol. The minimum absolute atomic E-state index is 0.0540. The Bertz CT molecular complexity index is 831. The van der Waals surface area contributed by atoms with Gasteiger partial charge in [-0.15, -0.1) is 5.10 Å². The molecule has 0 saturated carbocycles. The number of rotatable bonds is 10. The molecule has 2 aromatic rings. The van der Waals surface area contributed by atoms with E-state index in [1.54, 1.807) is 51.1 Å². The molecule has 0 spiro atoms. The van der Waals surface area contributed by atoms with E-state index in [1.807, 2.05) is 0 Å². The van der Waals surface area contributed by atoms with Gasteiger partial charge in [0.1, 0.15) is 0 Å². The summed E-state index contributed by atoms with van der Waals surface area (Å²) in [5.74, 6) is -2.69. The van der Waals surface area contributed by atoms with E-state index in [9.17, 15) is 14.2 Å². The second-order valence-corrected chi connectivity index (χ2v) is 7.46. The van der Waals surface area contributed by atoms with E-state index in [4.69, 9.17) is 13.8 Å². The van der Waals surface area contributed by atoms with Crippen molar-refractivity contribution in [1.29, 1.82) is 0 Å². The van der Waals surface area contributed by atoms with Crippen LogP contribution in [0.3, 0.4) is 0 Å². The Morgan fingerprint density at radius 1 is 1.11 bits per heavy atom. The molecule has 0 aliphatic carbocycles. The van der Waals surface area contributed by atoms with Gasteiger partial charge in [-0.3, -0.25) is 9.36 Å². The maximum Gasteiger partial charge on any atom is 0.375 e. The molecule has 1 amide bonds. The Balaban J connectivity index is 2.48. The maximum absolute atomic E-state index is 13.4. The van der Waals surface area contributed by atoms with Crippen molar-refractivity contribution >= 4 is 19.5 Å². The fourth-order valence-electron chi connectivity index (χ4n) is 2.38. The van der Waals surface area contributed by atoms with Gasteiger partial charge in [-0.2, -0.15) is 0 Å². The van der Waals surface area contributed by atoms with Crippen molar-refractivity contribution in [2.45, 2.75) is 26.7 Å². The normalized spacial score (nSPS) is 12.4. The van der Waals surface area contributed by atoms with Crippen LogP contribution in [-0.4, -0.2) is 46.7 Å². The molecular weight excluding hydrogens is 387 g/mol. The molecule has 0 fully saturated rings. The van der Waals surface area contributed by atoms with Crippen LogP contribution in [0.15, 0.2) is 36.5 Å². The quantitative estimate of drug-likeness (QED) is 0.469. The molecule has 2 rings (SSSR count).